The van der Waals surface area contributed by atoms with Crippen LogP contribution in [0.25, 0.3) is 22.2 Å². The lowest BCUT2D eigenvalue weighted by Gasteiger charge is -2.09. The molecule has 0 radical (unpaired) electrons. The van der Waals surface area contributed by atoms with Gasteiger partial charge in [-0.05, 0) is 24.3 Å². The van der Waals surface area contributed by atoms with Crippen LogP contribution in [0, 0.1) is 0 Å². The molecule has 0 aliphatic carbocycles. The lowest BCUT2D eigenvalue weighted by Crippen LogP contribution is -2.05. The molecule has 0 aliphatic rings. The van der Waals surface area contributed by atoms with E-state index in [-0.39, 0.29) is 22.3 Å². The minimum Gasteiger partial charge on any atom is -0.508 e. The van der Waals surface area contributed by atoms with Crippen molar-refractivity contribution in [3.63, 3.8) is 0 Å². The van der Waals surface area contributed by atoms with Crippen LogP contribution in [0.4, 0.5) is 0 Å². The van der Waals surface area contributed by atoms with Gasteiger partial charge < -0.3 is 25.0 Å². The number of H-pyrrole nitrogens is 1. The van der Waals surface area contributed by atoms with Crippen LogP contribution in [0.15, 0.2) is 41.2 Å². The van der Waals surface area contributed by atoms with E-state index < -0.39 is 16.9 Å². The average Bonchev–Trinajstić information content (AvgIpc) is 2.50. The Morgan fingerprint density at radius 2 is 1.73 bits per heavy atom. The van der Waals surface area contributed by atoms with Crippen LogP contribution in [0.3, 0.4) is 0 Å². The summed E-state index contributed by atoms with van der Waals surface area (Å²) in [6.45, 7) is 0. The molecule has 0 amide bonds. The van der Waals surface area contributed by atoms with Crippen LogP contribution < -0.4 is 10.2 Å². The Morgan fingerprint density at radius 3 is 2.36 bits per heavy atom. The molecule has 0 aliphatic heterocycles. The van der Waals surface area contributed by atoms with Gasteiger partial charge in [-0.3, -0.25) is 4.79 Å². The molecule has 6 nitrogen and oxygen atoms in total. The van der Waals surface area contributed by atoms with Crippen LogP contribution in [0.5, 0.6) is 23.0 Å². The van der Waals surface area contributed by atoms with Crippen LogP contribution in [0.1, 0.15) is 0 Å². The van der Waals surface area contributed by atoms with Crippen molar-refractivity contribution in [1.82, 2.24) is 4.98 Å². The molecule has 22 heavy (non-hydrogen) atoms. The molecule has 3 rings (SSSR count). The van der Waals surface area contributed by atoms with Gasteiger partial charge in [-0.1, -0.05) is 0 Å². The summed E-state index contributed by atoms with van der Waals surface area (Å²) in [6, 6.07) is 9.10. The third-order valence-corrected chi connectivity index (χ3v) is 3.42. The first kappa shape index (κ1) is 13.8. The number of aromatic amines is 1. The molecule has 4 N–H and O–H groups in total. The normalized spacial score (nSPS) is 10.8. The van der Waals surface area contributed by atoms with Gasteiger partial charge in [0.1, 0.15) is 17.2 Å². The Kier molecular flexibility index (Phi) is 3.14. The third kappa shape index (κ3) is 2.10. The number of aromatic nitrogens is 1. The maximum atomic E-state index is 12.2. The average molecular weight is 299 g/mol. The maximum Gasteiger partial charge on any atom is 0.235 e. The highest BCUT2D eigenvalue weighted by atomic mass is 16.5. The zero-order valence-electron chi connectivity index (χ0n) is 11.6. The first-order valence-corrected chi connectivity index (χ1v) is 6.46. The summed E-state index contributed by atoms with van der Waals surface area (Å²) in [6.07, 6.45) is 0. The number of hydrogen-bond acceptors (Lipinski definition) is 5. The molecule has 1 aromatic heterocycles. The second-order valence-electron chi connectivity index (χ2n) is 4.79. The van der Waals surface area contributed by atoms with E-state index in [2.05, 4.69) is 4.98 Å². The van der Waals surface area contributed by atoms with Gasteiger partial charge in [0.05, 0.1) is 23.7 Å². The number of hydrogen-bond donors (Lipinski definition) is 4. The summed E-state index contributed by atoms with van der Waals surface area (Å²) < 4.78 is 5.06. The molecule has 0 saturated heterocycles. The lowest BCUT2D eigenvalue weighted by atomic mass is 10.1. The molecule has 0 atom stereocenters. The van der Waals surface area contributed by atoms with Crippen molar-refractivity contribution < 1.29 is 20.1 Å². The van der Waals surface area contributed by atoms with Gasteiger partial charge in [0.15, 0.2) is 5.75 Å². The van der Waals surface area contributed by atoms with Crippen molar-refractivity contribution in [3.8, 4) is 34.3 Å². The molecule has 0 unspecified atom stereocenters. The predicted octanol–water partition coefficient (Wildman–Crippen LogP) is 2.32. The quantitative estimate of drug-likeness (QED) is 0.581. The number of phenols is 2. The second-order valence-corrected chi connectivity index (χ2v) is 4.79. The molecule has 0 saturated carbocycles. The fourth-order valence-corrected chi connectivity index (χ4v) is 2.34. The summed E-state index contributed by atoms with van der Waals surface area (Å²) in [7, 11) is 1.54. The largest absolute Gasteiger partial charge is 0.508 e. The van der Waals surface area contributed by atoms with Crippen molar-refractivity contribution in [2.75, 3.05) is 7.11 Å². The zero-order valence-corrected chi connectivity index (χ0v) is 11.6. The fraction of sp³-hybridized carbons (Fsp3) is 0.0625. The number of fused-ring (bicyclic) bond motifs is 1. The first-order chi connectivity index (χ1) is 10.5. The Balaban J connectivity index is 2.30. The third-order valence-electron chi connectivity index (χ3n) is 3.42. The van der Waals surface area contributed by atoms with E-state index in [4.69, 9.17) is 4.74 Å². The highest BCUT2D eigenvalue weighted by Crippen LogP contribution is 2.32. The molecule has 112 valence electrons. The number of aromatic hydroxyl groups is 3. The summed E-state index contributed by atoms with van der Waals surface area (Å²) in [5, 5.41) is 29.4. The Hall–Kier alpha value is -3.15. The van der Waals surface area contributed by atoms with Crippen molar-refractivity contribution in [3.05, 3.63) is 46.6 Å². The molecule has 0 fully saturated rings. The van der Waals surface area contributed by atoms with Crippen LogP contribution in [-0.2, 0) is 0 Å². The van der Waals surface area contributed by atoms with E-state index in [9.17, 15) is 20.1 Å². The molecule has 6 heteroatoms. The maximum absolute atomic E-state index is 12.2. The summed E-state index contributed by atoms with van der Waals surface area (Å²) in [4.78, 5) is 15.1. The van der Waals surface area contributed by atoms with Gasteiger partial charge in [0, 0.05) is 17.7 Å². The Bertz CT molecular complexity index is 912. The first-order valence-electron chi connectivity index (χ1n) is 6.46. The molecule has 1 heterocycles. The minimum atomic E-state index is -0.711. The van der Waals surface area contributed by atoms with Crippen molar-refractivity contribution in [1.29, 1.82) is 0 Å². The summed E-state index contributed by atoms with van der Waals surface area (Å²) in [5.41, 5.74) is 0.286. The Morgan fingerprint density at radius 1 is 1.05 bits per heavy atom. The highest BCUT2D eigenvalue weighted by molar-refractivity contribution is 5.90. The standard InChI is InChI=1S/C16H13NO5/c1-22-10-4-2-8(3-5-10)14-16(21)15(20)13-11(17-14)6-9(18)7-12(13)19/h2-7,18-19,21H,1H3,(H,17,20). The summed E-state index contributed by atoms with van der Waals surface area (Å²) in [5.74, 6) is -0.444. The van der Waals surface area contributed by atoms with E-state index in [1.807, 2.05) is 0 Å². The lowest BCUT2D eigenvalue weighted by molar-refractivity contribution is 0.415. The van der Waals surface area contributed by atoms with Gasteiger partial charge in [-0.2, -0.15) is 0 Å². The number of nitrogens with one attached hydrogen (secondary N) is 1. The van der Waals surface area contributed by atoms with E-state index in [1.54, 1.807) is 24.3 Å². The number of pyridine rings is 1. The van der Waals surface area contributed by atoms with E-state index in [0.29, 0.717) is 11.3 Å². The van der Waals surface area contributed by atoms with Crippen molar-refractivity contribution in [2.45, 2.75) is 0 Å². The van der Waals surface area contributed by atoms with E-state index in [1.165, 1.54) is 13.2 Å². The monoisotopic (exact) mass is 299 g/mol. The van der Waals surface area contributed by atoms with E-state index >= 15 is 0 Å². The Labute approximate surface area is 124 Å². The number of phenolic OH excluding ortho intramolecular Hbond substituents is 2. The van der Waals surface area contributed by atoms with Gasteiger partial charge in [0.2, 0.25) is 5.43 Å². The SMILES string of the molecule is COc1ccc(-c2[nH]c3cc(O)cc(O)c3c(=O)c2O)cc1. The highest BCUT2D eigenvalue weighted by Gasteiger charge is 2.16. The molecule has 0 bridgehead atoms. The summed E-state index contributed by atoms with van der Waals surface area (Å²) >= 11 is 0. The van der Waals surface area contributed by atoms with Crippen LogP contribution >= 0.6 is 0 Å². The van der Waals surface area contributed by atoms with Crippen molar-refractivity contribution in [2.24, 2.45) is 0 Å². The van der Waals surface area contributed by atoms with Crippen LogP contribution in [-0.4, -0.2) is 27.4 Å². The number of methoxy groups -OCH3 is 1. The number of benzene rings is 2. The van der Waals surface area contributed by atoms with Gasteiger partial charge in [-0.15, -0.1) is 0 Å². The van der Waals surface area contributed by atoms with Gasteiger partial charge >= 0.3 is 0 Å². The second kappa shape index (κ2) is 5.00. The molecular formula is C16H13NO5. The molecular weight excluding hydrogens is 286 g/mol. The number of ether oxygens (including phenoxy) is 1. The van der Waals surface area contributed by atoms with E-state index in [0.717, 1.165) is 6.07 Å². The van der Waals surface area contributed by atoms with Gasteiger partial charge in [0.25, 0.3) is 0 Å². The van der Waals surface area contributed by atoms with Crippen LogP contribution in [0.2, 0.25) is 0 Å². The zero-order chi connectivity index (χ0) is 15.9. The number of rotatable bonds is 2. The minimum absolute atomic E-state index is 0.0763. The molecule has 2 aromatic carbocycles. The fourth-order valence-electron chi connectivity index (χ4n) is 2.34. The topological polar surface area (TPSA) is 103 Å². The molecule has 0 spiro atoms. The molecule has 3 aromatic rings. The van der Waals surface area contributed by atoms with Gasteiger partial charge in [-0.25, -0.2) is 0 Å². The smallest absolute Gasteiger partial charge is 0.235 e. The predicted molar refractivity (Wildman–Crippen MR) is 81.6 cm³/mol. The van der Waals surface area contributed by atoms with Crippen molar-refractivity contribution >= 4 is 10.9 Å².